The zero-order valence-corrected chi connectivity index (χ0v) is 10.2. The number of pyridine rings is 2. The molecular formula is C8H6Cl2N2OSe. The van der Waals surface area contributed by atoms with Gasteiger partial charge < -0.3 is 0 Å². The molecule has 2 aromatic rings. The van der Waals surface area contributed by atoms with Crippen molar-refractivity contribution in [2.45, 2.75) is 0 Å². The maximum atomic E-state index is 4.26. The predicted molar refractivity (Wildman–Crippen MR) is 58.1 cm³/mol. The molecule has 0 aliphatic rings. The molecule has 14 heavy (non-hydrogen) atoms. The normalized spacial score (nSPS) is 8.43. The summed E-state index contributed by atoms with van der Waals surface area (Å²) in [6.45, 7) is 0. The molecule has 0 amide bonds. The van der Waals surface area contributed by atoms with Gasteiger partial charge in [0.25, 0.3) is 0 Å². The van der Waals surface area contributed by atoms with Crippen LogP contribution in [0, 0.1) is 0 Å². The Kier molecular flexibility index (Phi) is 7.76. The Morgan fingerprint density at radius 2 is 1.86 bits per heavy atom. The largest absolute Gasteiger partial charge is 0.264 e. The average Bonchev–Trinajstić information content (AvgIpc) is 2.19. The van der Waals surface area contributed by atoms with E-state index in [0.29, 0.717) is 0 Å². The van der Waals surface area contributed by atoms with E-state index >= 15 is 0 Å². The van der Waals surface area contributed by atoms with Crippen molar-refractivity contribution in [3.05, 3.63) is 36.8 Å². The maximum Gasteiger partial charge on any atom is 0.0832 e. The molecule has 74 valence electrons. The Balaban J connectivity index is 0.000000381. The molecule has 2 rings (SSSR count). The minimum atomic E-state index is 0. The van der Waals surface area contributed by atoms with Crippen LogP contribution in [0.4, 0.5) is 0 Å². The molecule has 0 atom stereocenters. The summed E-state index contributed by atoms with van der Waals surface area (Å²) < 4.78 is 3.19. The van der Waals surface area contributed by atoms with Crippen molar-refractivity contribution >= 4 is 51.7 Å². The Morgan fingerprint density at radius 3 is 2.50 bits per heavy atom. The van der Waals surface area contributed by atoms with Crippen LogP contribution in [0.2, 0.25) is 0 Å². The van der Waals surface area contributed by atoms with Gasteiger partial charge in [0.1, 0.15) is 0 Å². The Morgan fingerprint density at radius 1 is 1.14 bits per heavy atom. The zero-order valence-electron chi connectivity index (χ0n) is 6.93. The van der Waals surface area contributed by atoms with Crippen LogP contribution in [0.1, 0.15) is 0 Å². The van der Waals surface area contributed by atoms with Crippen LogP contribution < -0.4 is 0 Å². The van der Waals surface area contributed by atoms with Crippen molar-refractivity contribution in [3.8, 4) is 0 Å². The van der Waals surface area contributed by atoms with Gasteiger partial charge in [-0.2, -0.15) is 3.84 Å². The molecule has 0 saturated heterocycles. The molecule has 0 N–H and O–H groups in total. The van der Waals surface area contributed by atoms with Crippen LogP contribution in [-0.4, -0.2) is 27.0 Å². The zero-order chi connectivity index (χ0) is 9.52. The summed E-state index contributed by atoms with van der Waals surface area (Å²) in [6, 6.07) is 5.80. The van der Waals surface area contributed by atoms with Crippen LogP contribution >= 0.6 is 23.7 Å². The molecule has 2 aromatic heterocycles. The number of halogens is 2. The first-order valence-electron chi connectivity index (χ1n) is 3.42. The number of fused-ring (bicyclic) bond motifs is 1. The number of hydrogen-bond acceptors (Lipinski definition) is 3. The molecule has 2 radical (unpaired) electrons. The second kappa shape index (κ2) is 7.97. The number of hydrogen-bond donors (Lipinski definition) is 0. The van der Waals surface area contributed by atoms with E-state index in [2.05, 4.69) is 37.5 Å². The van der Waals surface area contributed by atoms with Gasteiger partial charge >= 0.3 is 0 Å². The van der Waals surface area contributed by atoms with Gasteiger partial charge in [0.05, 0.1) is 29.2 Å². The van der Waals surface area contributed by atoms with Gasteiger partial charge in [-0.15, -0.1) is 0 Å². The molecule has 0 bridgehead atoms. The van der Waals surface area contributed by atoms with Crippen molar-refractivity contribution < 1.29 is 3.84 Å². The van der Waals surface area contributed by atoms with Gasteiger partial charge in [0.2, 0.25) is 0 Å². The van der Waals surface area contributed by atoms with E-state index in [1.165, 1.54) is 0 Å². The standard InChI is InChI=1S/C8H6N2.Cl2O.Se/c1-2-7-6-9-5-3-8(7)10-4-1;1-3-2;/h1-6H;;. The minimum absolute atomic E-state index is 0. The predicted octanol–water partition coefficient (Wildman–Crippen LogP) is 2.56. The van der Waals surface area contributed by atoms with Crippen molar-refractivity contribution in [1.82, 2.24) is 9.97 Å². The molecule has 0 saturated carbocycles. The summed E-state index contributed by atoms with van der Waals surface area (Å²) in [5.74, 6) is 0. The van der Waals surface area contributed by atoms with Gasteiger partial charge in [0, 0.05) is 41.0 Å². The first kappa shape index (κ1) is 13.6. The van der Waals surface area contributed by atoms with E-state index in [-0.39, 0.29) is 17.1 Å². The monoisotopic (exact) mass is 296 g/mol. The van der Waals surface area contributed by atoms with E-state index in [9.17, 15) is 0 Å². The van der Waals surface area contributed by atoms with E-state index in [1.54, 1.807) is 12.4 Å². The molecule has 0 aromatic carbocycles. The molecule has 0 fully saturated rings. The second-order valence-electron chi connectivity index (χ2n) is 2.13. The van der Waals surface area contributed by atoms with Crippen LogP contribution in [0.25, 0.3) is 10.9 Å². The van der Waals surface area contributed by atoms with Crippen molar-refractivity contribution in [2.24, 2.45) is 0 Å². The molecule has 0 unspecified atom stereocenters. The van der Waals surface area contributed by atoms with Gasteiger partial charge in [-0.3, -0.25) is 9.97 Å². The van der Waals surface area contributed by atoms with E-state index in [1.807, 2.05) is 24.4 Å². The molecule has 3 nitrogen and oxygen atoms in total. The van der Waals surface area contributed by atoms with E-state index in [0.717, 1.165) is 10.9 Å². The summed E-state index contributed by atoms with van der Waals surface area (Å²) in [6.07, 6.45) is 5.33. The van der Waals surface area contributed by atoms with Gasteiger partial charge in [-0.25, -0.2) is 0 Å². The Labute approximate surface area is 102 Å². The Hall–Kier alpha value is -0.381. The summed E-state index contributed by atoms with van der Waals surface area (Å²) in [7, 11) is 0. The second-order valence-corrected chi connectivity index (χ2v) is 2.60. The molecule has 0 spiro atoms. The quantitative estimate of drug-likeness (QED) is 0.701. The average molecular weight is 296 g/mol. The molecular weight excluding hydrogens is 290 g/mol. The molecule has 6 heteroatoms. The van der Waals surface area contributed by atoms with Crippen molar-refractivity contribution in [3.63, 3.8) is 0 Å². The fraction of sp³-hybridized carbons (Fsp3) is 0. The fourth-order valence-electron chi connectivity index (χ4n) is 0.915. The number of aromatic nitrogens is 2. The maximum absolute atomic E-state index is 4.26. The van der Waals surface area contributed by atoms with E-state index < -0.39 is 0 Å². The van der Waals surface area contributed by atoms with Gasteiger partial charge in [0.15, 0.2) is 0 Å². The number of rotatable bonds is 0. The topological polar surface area (TPSA) is 35.0 Å². The minimum Gasteiger partial charge on any atom is -0.264 e. The third-order valence-electron chi connectivity index (χ3n) is 1.40. The Bertz CT molecular complexity index is 310. The summed E-state index contributed by atoms with van der Waals surface area (Å²) in [5, 5.41) is 1.09. The third kappa shape index (κ3) is 4.22. The van der Waals surface area contributed by atoms with Crippen molar-refractivity contribution in [1.29, 1.82) is 0 Å². The molecule has 0 aliphatic carbocycles. The van der Waals surface area contributed by atoms with Crippen molar-refractivity contribution in [2.75, 3.05) is 0 Å². The van der Waals surface area contributed by atoms with E-state index in [4.69, 9.17) is 0 Å². The van der Waals surface area contributed by atoms with Gasteiger partial charge in [-0.1, -0.05) is 0 Å². The summed E-state index contributed by atoms with van der Waals surface area (Å²) >= 11 is 8.53. The first-order chi connectivity index (χ1) is 6.38. The summed E-state index contributed by atoms with van der Waals surface area (Å²) in [4.78, 5) is 8.11. The van der Waals surface area contributed by atoms with Crippen LogP contribution in [0.15, 0.2) is 36.8 Å². The fourth-order valence-corrected chi connectivity index (χ4v) is 0.915. The van der Waals surface area contributed by atoms with Gasteiger partial charge in [-0.05, 0) is 18.2 Å². The molecule has 2 heterocycles. The smallest absolute Gasteiger partial charge is 0.0832 e. The van der Waals surface area contributed by atoms with Crippen LogP contribution in [0.3, 0.4) is 0 Å². The first-order valence-corrected chi connectivity index (χ1v) is 4.04. The van der Waals surface area contributed by atoms with Crippen LogP contribution in [0.5, 0.6) is 0 Å². The number of nitrogens with zero attached hydrogens (tertiary/aromatic N) is 2. The van der Waals surface area contributed by atoms with Crippen LogP contribution in [-0.2, 0) is 3.84 Å². The third-order valence-corrected chi connectivity index (χ3v) is 1.40. The summed E-state index contributed by atoms with van der Waals surface area (Å²) in [5.41, 5.74) is 0.998. The molecule has 0 aliphatic heterocycles. The SMILES string of the molecule is ClOCl.[Se].c1cnc2ccncc2c1.